The minimum Gasteiger partial charge on any atom is -0.496 e. The number of aromatic nitrogens is 4. The number of nitrogens with one attached hydrogen (secondary N) is 1. The highest BCUT2D eigenvalue weighted by molar-refractivity contribution is 6.33. The van der Waals surface area contributed by atoms with E-state index < -0.39 is 5.82 Å². The maximum Gasteiger partial charge on any atom is 0.231 e. The van der Waals surface area contributed by atoms with Crippen LogP contribution in [0.5, 0.6) is 5.75 Å². The van der Waals surface area contributed by atoms with Gasteiger partial charge in [-0.25, -0.2) is 14.4 Å². The molecule has 2 aromatic carbocycles. The van der Waals surface area contributed by atoms with E-state index in [0.29, 0.717) is 40.0 Å². The Hall–Kier alpha value is -3.19. The summed E-state index contributed by atoms with van der Waals surface area (Å²) < 4.78 is 20.2. The monoisotopic (exact) mass is 411 g/mol. The number of fused-ring (bicyclic) bond motifs is 1. The Morgan fingerprint density at radius 1 is 1.21 bits per heavy atom. The molecule has 2 heterocycles. The first-order valence-corrected chi connectivity index (χ1v) is 9.49. The van der Waals surface area contributed by atoms with Crippen molar-refractivity contribution in [3.05, 3.63) is 59.0 Å². The molecular weight excluding hydrogens is 393 g/mol. The molecule has 0 spiro atoms. The van der Waals surface area contributed by atoms with Crippen molar-refractivity contribution in [1.82, 2.24) is 20.2 Å². The zero-order chi connectivity index (χ0) is 20.5. The summed E-state index contributed by atoms with van der Waals surface area (Å²) in [5.41, 5.74) is 3.55. The quantitative estimate of drug-likeness (QED) is 0.483. The molecule has 0 saturated heterocycles. The predicted octanol–water partition coefficient (Wildman–Crippen LogP) is 5.29. The van der Waals surface area contributed by atoms with E-state index in [9.17, 15) is 4.39 Å². The highest BCUT2D eigenvalue weighted by Crippen LogP contribution is 2.37. The first kappa shape index (κ1) is 19.1. The van der Waals surface area contributed by atoms with Crippen LogP contribution in [-0.2, 0) is 0 Å². The standard InChI is InChI=1S/C21H19ClFN5O/c1-4-28(16-9-8-12(2)10-13(16)22)21-25-15-11-24-27-19(15)20(26-21)18-14(23)6-5-7-17(18)29-3/h5-11H,4H2,1-3H3,(H,24,27). The number of aromatic amines is 1. The lowest BCUT2D eigenvalue weighted by Gasteiger charge is -2.23. The second-order valence-electron chi connectivity index (χ2n) is 6.52. The molecule has 4 rings (SSSR count). The average molecular weight is 412 g/mol. The van der Waals surface area contributed by atoms with Crippen molar-refractivity contribution in [2.45, 2.75) is 13.8 Å². The molecular formula is C21H19ClFN5O. The second kappa shape index (κ2) is 7.67. The molecule has 0 bridgehead atoms. The van der Waals surface area contributed by atoms with Crippen LogP contribution in [0.2, 0.25) is 5.02 Å². The first-order chi connectivity index (χ1) is 14.0. The maximum atomic E-state index is 14.8. The zero-order valence-electron chi connectivity index (χ0n) is 16.2. The lowest BCUT2D eigenvalue weighted by atomic mass is 10.1. The average Bonchev–Trinajstić information content (AvgIpc) is 3.18. The van der Waals surface area contributed by atoms with Crippen molar-refractivity contribution in [3.63, 3.8) is 0 Å². The van der Waals surface area contributed by atoms with E-state index in [2.05, 4.69) is 20.2 Å². The Morgan fingerprint density at radius 2 is 2.03 bits per heavy atom. The van der Waals surface area contributed by atoms with Gasteiger partial charge < -0.3 is 9.64 Å². The zero-order valence-corrected chi connectivity index (χ0v) is 17.0. The predicted molar refractivity (Wildman–Crippen MR) is 112 cm³/mol. The van der Waals surface area contributed by atoms with E-state index in [4.69, 9.17) is 16.3 Å². The van der Waals surface area contributed by atoms with Crippen LogP contribution in [0, 0.1) is 12.7 Å². The third-order valence-electron chi connectivity index (χ3n) is 4.67. The molecule has 1 N–H and O–H groups in total. The van der Waals surface area contributed by atoms with Gasteiger partial charge in [0, 0.05) is 6.54 Å². The van der Waals surface area contributed by atoms with Crippen molar-refractivity contribution in [2.75, 3.05) is 18.6 Å². The highest BCUT2D eigenvalue weighted by Gasteiger charge is 2.22. The number of aryl methyl sites for hydroxylation is 1. The minimum atomic E-state index is -0.443. The van der Waals surface area contributed by atoms with Gasteiger partial charge in [0.15, 0.2) is 0 Å². The van der Waals surface area contributed by atoms with E-state index in [0.717, 1.165) is 11.3 Å². The topological polar surface area (TPSA) is 66.9 Å². The molecule has 148 valence electrons. The smallest absolute Gasteiger partial charge is 0.231 e. The maximum absolute atomic E-state index is 14.8. The van der Waals surface area contributed by atoms with Gasteiger partial charge in [0.25, 0.3) is 0 Å². The van der Waals surface area contributed by atoms with E-state index in [1.54, 1.807) is 18.3 Å². The van der Waals surface area contributed by atoms with Gasteiger partial charge in [-0.05, 0) is 43.7 Å². The van der Waals surface area contributed by atoms with Crippen molar-refractivity contribution in [3.8, 4) is 17.0 Å². The van der Waals surface area contributed by atoms with Gasteiger partial charge >= 0.3 is 0 Å². The Labute approximate surface area is 172 Å². The van der Waals surface area contributed by atoms with Crippen molar-refractivity contribution in [1.29, 1.82) is 0 Å². The number of hydrogen-bond donors (Lipinski definition) is 1. The largest absolute Gasteiger partial charge is 0.496 e. The molecule has 0 amide bonds. The van der Waals surface area contributed by atoms with Crippen LogP contribution < -0.4 is 9.64 Å². The third-order valence-corrected chi connectivity index (χ3v) is 4.97. The number of rotatable bonds is 5. The Balaban J connectivity index is 1.96. The second-order valence-corrected chi connectivity index (χ2v) is 6.93. The van der Waals surface area contributed by atoms with Crippen LogP contribution >= 0.6 is 11.6 Å². The van der Waals surface area contributed by atoms with Gasteiger partial charge in [0.2, 0.25) is 5.95 Å². The number of anilines is 2. The first-order valence-electron chi connectivity index (χ1n) is 9.11. The molecule has 0 aliphatic rings. The molecule has 0 saturated carbocycles. The summed E-state index contributed by atoms with van der Waals surface area (Å²) in [5, 5.41) is 7.52. The summed E-state index contributed by atoms with van der Waals surface area (Å²) in [6, 6.07) is 10.4. The summed E-state index contributed by atoms with van der Waals surface area (Å²) in [7, 11) is 1.49. The molecule has 6 nitrogen and oxygen atoms in total. The van der Waals surface area contributed by atoms with Crippen molar-refractivity contribution in [2.24, 2.45) is 0 Å². The number of nitrogens with zero attached hydrogens (tertiary/aromatic N) is 4. The summed E-state index contributed by atoms with van der Waals surface area (Å²) in [5.74, 6) is 0.329. The summed E-state index contributed by atoms with van der Waals surface area (Å²) >= 11 is 6.48. The fourth-order valence-corrected chi connectivity index (χ4v) is 3.62. The summed E-state index contributed by atoms with van der Waals surface area (Å²) in [6.07, 6.45) is 1.59. The minimum absolute atomic E-state index is 0.249. The number of H-pyrrole nitrogens is 1. The molecule has 4 aromatic rings. The normalized spacial score (nSPS) is 11.1. The van der Waals surface area contributed by atoms with Gasteiger partial charge in [-0.15, -0.1) is 0 Å². The van der Waals surface area contributed by atoms with Crippen LogP contribution in [0.15, 0.2) is 42.6 Å². The number of hydrogen-bond acceptors (Lipinski definition) is 5. The highest BCUT2D eigenvalue weighted by atomic mass is 35.5. The molecule has 0 aliphatic carbocycles. The molecule has 29 heavy (non-hydrogen) atoms. The van der Waals surface area contributed by atoms with Crippen LogP contribution in [0.25, 0.3) is 22.3 Å². The number of ether oxygens (including phenoxy) is 1. The van der Waals surface area contributed by atoms with E-state index in [1.807, 2.05) is 36.9 Å². The summed E-state index contributed by atoms with van der Waals surface area (Å²) in [6.45, 7) is 4.52. The number of methoxy groups -OCH3 is 1. The molecule has 0 atom stereocenters. The van der Waals surface area contributed by atoms with Crippen LogP contribution in [0.1, 0.15) is 12.5 Å². The SMILES string of the molecule is CCN(c1nc(-c2c(F)cccc2OC)c2[nH]ncc2n1)c1ccc(C)cc1Cl. The van der Waals surface area contributed by atoms with Crippen LogP contribution in [0.3, 0.4) is 0 Å². The van der Waals surface area contributed by atoms with Gasteiger partial charge in [0.05, 0.1) is 29.6 Å². The van der Waals surface area contributed by atoms with Crippen molar-refractivity contribution >= 4 is 34.3 Å². The van der Waals surface area contributed by atoms with E-state index in [-0.39, 0.29) is 5.56 Å². The van der Waals surface area contributed by atoms with E-state index >= 15 is 0 Å². The molecule has 0 radical (unpaired) electrons. The Kier molecular flexibility index (Phi) is 5.07. The van der Waals surface area contributed by atoms with Crippen LogP contribution in [0.4, 0.5) is 16.0 Å². The molecule has 2 aromatic heterocycles. The van der Waals surface area contributed by atoms with Gasteiger partial charge in [-0.3, -0.25) is 5.10 Å². The lowest BCUT2D eigenvalue weighted by molar-refractivity contribution is 0.413. The number of benzene rings is 2. The van der Waals surface area contributed by atoms with Crippen molar-refractivity contribution < 1.29 is 9.13 Å². The van der Waals surface area contributed by atoms with Gasteiger partial charge in [-0.1, -0.05) is 23.7 Å². The summed E-state index contributed by atoms with van der Waals surface area (Å²) in [4.78, 5) is 11.2. The Morgan fingerprint density at radius 3 is 2.76 bits per heavy atom. The van der Waals surface area contributed by atoms with Gasteiger partial charge in [-0.2, -0.15) is 5.10 Å². The molecule has 0 aliphatic heterocycles. The fraction of sp³-hybridized carbons (Fsp3) is 0.190. The third kappa shape index (κ3) is 3.38. The molecule has 0 fully saturated rings. The Bertz CT molecular complexity index is 1190. The fourth-order valence-electron chi connectivity index (χ4n) is 3.28. The lowest BCUT2D eigenvalue weighted by Crippen LogP contribution is -2.19. The molecule has 8 heteroatoms. The van der Waals surface area contributed by atoms with Gasteiger partial charge in [0.1, 0.15) is 28.3 Å². The molecule has 0 unspecified atom stereocenters. The van der Waals surface area contributed by atoms with E-state index in [1.165, 1.54) is 13.2 Å². The van der Waals surface area contributed by atoms with Crippen LogP contribution in [-0.4, -0.2) is 33.8 Å². The number of halogens is 2.